The van der Waals surface area contributed by atoms with Gasteiger partial charge in [0.05, 0.1) is 17.5 Å². The van der Waals surface area contributed by atoms with Crippen LogP contribution in [0.5, 0.6) is 0 Å². The summed E-state index contributed by atoms with van der Waals surface area (Å²) < 4.78 is 91.3. The van der Waals surface area contributed by atoms with Gasteiger partial charge in [-0.25, -0.2) is 9.18 Å². The molecule has 3 amide bonds. The molecule has 40 heavy (non-hydrogen) atoms. The molecule has 1 aliphatic heterocycles. The number of carbonyl (C=O) groups excluding carboxylic acids is 2. The zero-order valence-electron chi connectivity index (χ0n) is 20.7. The number of hydrogen-bond acceptors (Lipinski definition) is 3. The highest BCUT2D eigenvalue weighted by molar-refractivity contribution is 6.00. The van der Waals surface area contributed by atoms with E-state index in [4.69, 9.17) is 0 Å². The molecule has 3 aromatic rings. The second-order valence-electron chi connectivity index (χ2n) is 9.09. The fourth-order valence-corrected chi connectivity index (χ4v) is 4.18. The quantitative estimate of drug-likeness (QED) is 0.351. The van der Waals surface area contributed by atoms with E-state index >= 15 is 0 Å². The van der Waals surface area contributed by atoms with Crippen LogP contribution in [0.3, 0.4) is 0 Å². The molecule has 2 N–H and O–H groups in total. The molecule has 0 bridgehead atoms. The number of halogens is 7. The standard InChI is InChI=1S/C27H23F7N4O2/c28-20-3-1-17(2-4-20)13-24(39)38-11-9-37(10-12-38)23-7-5-21(6-8-23)35-25(40)36-22-15-18(26(29,30)31)14-19(16-22)27(32,33)34/h1-8,14-16H,9-13H2,(H2,35,36,40). The van der Waals surface area contributed by atoms with Crippen molar-refractivity contribution >= 4 is 29.0 Å². The lowest BCUT2D eigenvalue weighted by molar-refractivity contribution is -0.143. The van der Waals surface area contributed by atoms with Crippen molar-refractivity contribution in [1.82, 2.24) is 4.90 Å². The van der Waals surface area contributed by atoms with E-state index in [0.29, 0.717) is 38.3 Å². The minimum Gasteiger partial charge on any atom is -0.368 e. The lowest BCUT2D eigenvalue weighted by atomic mass is 10.1. The van der Waals surface area contributed by atoms with Gasteiger partial charge in [-0.1, -0.05) is 12.1 Å². The highest BCUT2D eigenvalue weighted by Crippen LogP contribution is 2.37. The summed E-state index contributed by atoms with van der Waals surface area (Å²) in [5.41, 5.74) is -1.97. The highest BCUT2D eigenvalue weighted by atomic mass is 19.4. The molecule has 0 spiro atoms. The van der Waals surface area contributed by atoms with E-state index in [2.05, 4.69) is 5.32 Å². The molecule has 0 radical (unpaired) electrons. The Kier molecular flexibility index (Phi) is 8.21. The third kappa shape index (κ3) is 7.42. The Morgan fingerprint density at radius 3 is 1.75 bits per heavy atom. The van der Waals surface area contributed by atoms with Gasteiger partial charge in [-0.3, -0.25) is 4.79 Å². The maximum absolute atomic E-state index is 13.1. The summed E-state index contributed by atoms with van der Waals surface area (Å²) in [4.78, 5) is 28.6. The molecule has 6 nitrogen and oxygen atoms in total. The Labute approximate surface area is 224 Å². The number of piperazine rings is 1. The van der Waals surface area contributed by atoms with Crippen LogP contribution in [0.1, 0.15) is 16.7 Å². The average molecular weight is 568 g/mol. The molecule has 1 aliphatic rings. The first-order valence-electron chi connectivity index (χ1n) is 12.0. The first kappa shape index (κ1) is 28.7. The van der Waals surface area contributed by atoms with Crippen LogP contribution in [-0.2, 0) is 23.6 Å². The van der Waals surface area contributed by atoms with Crippen LogP contribution in [0, 0.1) is 5.82 Å². The van der Waals surface area contributed by atoms with Crippen LogP contribution >= 0.6 is 0 Å². The number of nitrogens with zero attached hydrogens (tertiary/aromatic N) is 2. The zero-order valence-corrected chi connectivity index (χ0v) is 20.7. The lowest BCUT2D eigenvalue weighted by Crippen LogP contribution is -2.49. The number of benzene rings is 3. The number of rotatable bonds is 5. The molecule has 0 atom stereocenters. The summed E-state index contributed by atoms with van der Waals surface area (Å²) in [6, 6.07) is 12.0. The summed E-state index contributed by atoms with van der Waals surface area (Å²) in [6.45, 7) is 2.03. The molecule has 212 valence electrons. The van der Waals surface area contributed by atoms with Crippen LogP contribution in [0.25, 0.3) is 0 Å². The monoisotopic (exact) mass is 568 g/mol. The number of carbonyl (C=O) groups is 2. The molecule has 4 rings (SSSR count). The van der Waals surface area contributed by atoms with E-state index in [-0.39, 0.29) is 29.9 Å². The van der Waals surface area contributed by atoms with Gasteiger partial charge in [0.1, 0.15) is 5.82 Å². The first-order chi connectivity index (χ1) is 18.8. The zero-order chi connectivity index (χ0) is 29.1. The lowest BCUT2D eigenvalue weighted by Gasteiger charge is -2.36. The molecule has 0 unspecified atom stereocenters. The second kappa shape index (κ2) is 11.4. The van der Waals surface area contributed by atoms with Crippen LogP contribution in [0.4, 0.5) is 52.6 Å². The van der Waals surface area contributed by atoms with Crippen LogP contribution in [0.15, 0.2) is 66.7 Å². The van der Waals surface area contributed by atoms with Crippen molar-refractivity contribution in [2.75, 3.05) is 41.7 Å². The Morgan fingerprint density at radius 1 is 0.700 bits per heavy atom. The van der Waals surface area contributed by atoms with Gasteiger partial charge in [-0.15, -0.1) is 0 Å². The molecule has 0 saturated carbocycles. The Balaban J connectivity index is 1.32. The smallest absolute Gasteiger partial charge is 0.368 e. The van der Waals surface area contributed by atoms with Crippen molar-refractivity contribution in [3.05, 3.63) is 89.2 Å². The van der Waals surface area contributed by atoms with Gasteiger partial charge in [0, 0.05) is 43.2 Å². The predicted octanol–water partition coefficient (Wildman–Crippen LogP) is 6.40. The first-order valence-corrected chi connectivity index (χ1v) is 12.0. The van der Waals surface area contributed by atoms with Gasteiger partial charge >= 0.3 is 18.4 Å². The van der Waals surface area contributed by atoms with Crippen LogP contribution in [-0.4, -0.2) is 43.0 Å². The number of anilines is 3. The number of nitrogens with one attached hydrogen (secondary N) is 2. The number of urea groups is 1. The van der Waals surface area contributed by atoms with E-state index in [1.807, 2.05) is 10.2 Å². The molecule has 1 heterocycles. The number of alkyl halides is 6. The fourth-order valence-electron chi connectivity index (χ4n) is 4.18. The summed E-state index contributed by atoms with van der Waals surface area (Å²) in [6.07, 6.45) is -9.91. The summed E-state index contributed by atoms with van der Waals surface area (Å²) >= 11 is 0. The van der Waals surface area contributed by atoms with Crippen molar-refractivity contribution in [3.63, 3.8) is 0 Å². The molecule has 1 fully saturated rings. The van der Waals surface area contributed by atoms with Gasteiger partial charge in [0.2, 0.25) is 5.91 Å². The summed E-state index contributed by atoms with van der Waals surface area (Å²) in [5, 5.41) is 4.39. The van der Waals surface area contributed by atoms with Crippen LogP contribution in [0.2, 0.25) is 0 Å². The minimum absolute atomic E-state index is 0.0247. The van der Waals surface area contributed by atoms with Crippen molar-refractivity contribution in [1.29, 1.82) is 0 Å². The minimum atomic E-state index is -5.04. The SMILES string of the molecule is O=C(Nc1ccc(N2CCN(C(=O)Cc3ccc(F)cc3)CC2)cc1)Nc1cc(C(F)(F)F)cc(C(F)(F)F)c1. The van der Waals surface area contributed by atoms with Crippen molar-refractivity contribution in [2.24, 2.45) is 0 Å². The molecule has 1 saturated heterocycles. The normalized spacial score (nSPS) is 14.2. The molecule has 0 aliphatic carbocycles. The molecule has 13 heteroatoms. The van der Waals surface area contributed by atoms with Gasteiger partial charge in [0.15, 0.2) is 0 Å². The van der Waals surface area contributed by atoms with Crippen molar-refractivity contribution < 1.29 is 40.3 Å². The number of hydrogen-bond donors (Lipinski definition) is 2. The van der Waals surface area contributed by atoms with E-state index in [1.54, 1.807) is 29.2 Å². The summed E-state index contributed by atoms with van der Waals surface area (Å²) in [5.74, 6) is -0.443. The maximum Gasteiger partial charge on any atom is 0.416 e. The van der Waals surface area contributed by atoms with E-state index in [0.717, 1.165) is 11.3 Å². The second-order valence-corrected chi connectivity index (χ2v) is 9.09. The number of amides is 3. The average Bonchev–Trinajstić information content (AvgIpc) is 2.89. The van der Waals surface area contributed by atoms with Crippen molar-refractivity contribution in [3.8, 4) is 0 Å². The maximum atomic E-state index is 13.1. The Bertz CT molecular complexity index is 1320. The van der Waals surface area contributed by atoms with Crippen LogP contribution < -0.4 is 15.5 Å². The molecule has 0 aromatic heterocycles. The van der Waals surface area contributed by atoms with E-state index in [1.165, 1.54) is 24.3 Å². The molecular formula is C27H23F7N4O2. The third-order valence-electron chi connectivity index (χ3n) is 6.24. The third-order valence-corrected chi connectivity index (χ3v) is 6.24. The topological polar surface area (TPSA) is 64.7 Å². The summed E-state index contributed by atoms with van der Waals surface area (Å²) in [7, 11) is 0. The predicted molar refractivity (Wildman–Crippen MR) is 134 cm³/mol. The fraction of sp³-hybridized carbons (Fsp3) is 0.259. The van der Waals surface area contributed by atoms with Gasteiger partial charge < -0.3 is 20.4 Å². The van der Waals surface area contributed by atoms with E-state index in [9.17, 15) is 40.3 Å². The van der Waals surface area contributed by atoms with Gasteiger partial charge in [-0.05, 0) is 60.2 Å². The molecular weight excluding hydrogens is 545 g/mol. The Hall–Kier alpha value is -4.29. The highest BCUT2D eigenvalue weighted by Gasteiger charge is 2.37. The van der Waals surface area contributed by atoms with Gasteiger partial charge in [-0.2, -0.15) is 26.3 Å². The van der Waals surface area contributed by atoms with Crippen molar-refractivity contribution in [2.45, 2.75) is 18.8 Å². The van der Waals surface area contributed by atoms with E-state index < -0.39 is 35.2 Å². The van der Waals surface area contributed by atoms with Gasteiger partial charge in [0.25, 0.3) is 0 Å². The largest absolute Gasteiger partial charge is 0.416 e. The molecule has 3 aromatic carbocycles. The Morgan fingerprint density at radius 2 is 1.23 bits per heavy atom.